The molecule has 1 heterocycles. The number of esters is 2. The van der Waals surface area contributed by atoms with Crippen LogP contribution in [0.15, 0.2) is 17.7 Å². The lowest BCUT2D eigenvalue weighted by atomic mass is 10.1. The van der Waals surface area contributed by atoms with Gasteiger partial charge in [0, 0.05) is 13.8 Å². The summed E-state index contributed by atoms with van der Waals surface area (Å²) in [6, 6.07) is 3.52. The molecule has 0 spiro atoms. The molecule has 0 amide bonds. The quantitative estimate of drug-likeness (QED) is 0.289. The number of carbonyl (C=O) groups excluding carboxylic acids is 2. The van der Waals surface area contributed by atoms with Gasteiger partial charge in [-0.15, -0.1) is 0 Å². The molecule has 0 saturated carbocycles. The third-order valence-electron chi connectivity index (χ3n) is 3.11. The van der Waals surface area contributed by atoms with Gasteiger partial charge in [0.2, 0.25) is 0 Å². The van der Waals surface area contributed by atoms with E-state index in [0.717, 1.165) is 3.57 Å². The minimum Gasteiger partial charge on any atom is -0.490 e. The van der Waals surface area contributed by atoms with Gasteiger partial charge in [-0.3, -0.25) is 0 Å². The van der Waals surface area contributed by atoms with E-state index in [1.165, 1.54) is 19.9 Å². The molecule has 1 saturated heterocycles. The normalized spacial score (nSPS) is 16.4. The first-order valence-corrected chi connectivity index (χ1v) is 9.02. The summed E-state index contributed by atoms with van der Waals surface area (Å²) < 4.78 is 22.5. The van der Waals surface area contributed by atoms with E-state index in [-0.39, 0.29) is 11.7 Å². The lowest BCUT2D eigenvalue weighted by Gasteiger charge is -2.29. The first-order chi connectivity index (χ1) is 11.6. The van der Waals surface area contributed by atoms with Crippen molar-refractivity contribution in [2.45, 2.75) is 46.5 Å². The molecule has 0 bridgehead atoms. The topological polar surface area (TPSA) is 71.1 Å². The maximum Gasteiger partial charge on any atom is 0.348 e. The van der Waals surface area contributed by atoms with E-state index in [4.69, 9.17) is 18.9 Å². The van der Waals surface area contributed by atoms with Crippen LogP contribution in [-0.4, -0.2) is 30.4 Å². The molecule has 0 radical (unpaired) electrons. The predicted octanol–water partition coefficient (Wildman–Crippen LogP) is 3.70. The van der Waals surface area contributed by atoms with Crippen LogP contribution in [0.25, 0.3) is 6.08 Å². The fourth-order valence-corrected chi connectivity index (χ4v) is 2.98. The summed E-state index contributed by atoms with van der Waals surface area (Å²) in [5.74, 6) is -1.50. The van der Waals surface area contributed by atoms with Gasteiger partial charge in [-0.2, -0.15) is 0 Å². The van der Waals surface area contributed by atoms with Crippen molar-refractivity contribution >= 4 is 40.6 Å². The molecule has 7 heteroatoms. The molecule has 6 nitrogen and oxygen atoms in total. The van der Waals surface area contributed by atoms with Crippen molar-refractivity contribution in [2.75, 3.05) is 6.61 Å². The van der Waals surface area contributed by atoms with E-state index in [1.54, 1.807) is 12.1 Å². The van der Waals surface area contributed by atoms with Gasteiger partial charge in [0.1, 0.15) is 5.57 Å². The Kier molecular flexibility index (Phi) is 5.97. The lowest BCUT2D eigenvalue weighted by molar-refractivity contribution is -0.222. The number of hydrogen-bond donors (Lipinski definition) is 0. The smallest absolute Gasteiger partial charge is 0.348 e. The molecule has 0 aromatic heterocycles. The molecule has 1 fully saturated rings. The van der Waals surface area contributed by atoms with Crippen molar-refractivity contribution in [1.29, 1.82) is 0 Å². The maximum atomic E-state index is 12.1. The minimum absolute atomic E-state index is 0.0116. The Bertz CT molecular complexity index is 699. The Morgan fingerprint density at radius 3 is 2.32 bits per heavy atom. The Morgan fingerprint density at radius 1 is 1.20 bits per heavy atom. The van der Waals surface area contributed by atoms with Crippen LogP contribution in [-0.2, 0) is 19.1 Å². The van der Waals surface area contributed by atoms with Crippen LogP contribution in [0.4, 0.5) is 0 Å². The standard InChI is InChI=1S/C18H21IO6/c1-6-22-14-9-11(8-13(19)15(14)23-10(2)3)7-12-16(20)24-18(4,5)25-17(12)21/h7-10H,6H2,1-5H3. The Morgan fingerprint density at radius 2 is 1.80 bits per heavy atom. The van der Waals surface area contributed by atoms with Crippen LogP contribution in [0.1, 0.15) is 40.2 Å². The molecule has 2 rings (SSSR count). The van der Waals surface area contributed by atoms with Crippen molar-refractivity contribution in [3.63, 3.8) is 0 Å². The summed E-state index contributed by atoms with van der Waals surface area (Å²) in [5, 5.41) is 0. The summed E-state index contributed by atoms with van der Waals surface area (Å²) in [6.45, 7) is 9.20. The highest BCUT2D eigenvalue weighted by molar-refractivity contribution is 14.1. The number of carbonyl (C=O) groups is 2. The average molecular weight is 460 g/mol. The molecule has 1 aromatic rings. The second kappa shape index (κ2) is 7.63. The number of rotatable bonds is 5. The monoisotopic (exact) mass is 460 g/mol. The largest absolute Gasteiger partial charge is 0.490 e. The van der Waals surface area contributed by atoms with Crippen LogP contribution < -0.4 is 9.47 Å². The Balaban J connectivity index is 2.43. The van der Waals surface area contributed by atoms with Crippen LogP contribution in [0.5, 0.6) is 11.5 Å². The number of cyclic esters (lactones) is 2. The molecule has 136 valence electrons. The highest BCUT2D eigenvalue weighted by Gasteiger charge is 2.38. The van der Waals surface area contributed by atoms with Crippen LogP contribution in [0.2, 0.25) is 0 Å². The number of halogens is 1. The van der Waals surface area contributed by atoms with E-state index in [2.05, 4.69) is 22.6 Å². The molecular weight excluding hydrogens is 439 g/mol. The number of benzene rings is 1. The van der Waals surface area contributed by atoms with Gasteiger partial charge in [-0.1, -0.05) is 0 Å². The summed E-state index contributed by atoms with van der Waals surface area (Å²) in [6.07, 6.45) is 1.42. The first-order valence-electron chi connectivity index (χ1n) is 7.94. The second-order valence-corrected chi connectivity index (χ2v) is 7.33. The van der Waals surface area contributed by atoms with Gasteiger partial charge in [-0.25, -0.2) is 9.59 Å². The van der Waals surface area contributed by atoms with E-state index >= 15 is 0 Å². The van der Waals surface area contributed by atoms with Crippen LogP contribution in [0, 0.1) is 3.57 Å². The Hall–Kier alpha value is -1.77. The van der Waals surface area contributed by atoms with Gasteiger partial charge in [-0.05, 0) is 67.1 Å². The van der Waals surface area contributed by atoms with E-state index in [1.807, 2.05) is 20.8 Å². The molecule has 0 N–H and O–H groups in total. The summed E-state index contributed by atoms with van der Waals surface area (Å²) in [7, 11) is 0. The van der Waals surface area contributed by atoms with Gasteiger partial charge in [0.05, 0.1) is 16.3 Å². The maximum absolute atomic E-state index is 12.1. The van der Waals surface area contributed by atoms with E-state index in [9.17, 15) is 9.59 Å². The summed E-state index contributed by atoms with van der Waals surface area (Å²) in [5.41, 5.74) is 0.461. The van der Waals surface area contributed by atoms with Gasteiger partial charge >= 0.3 is 11.9 Å². The lowest BCUT2D eigenvalue weighted by Crippen LogP contribution is -2.41. The minimum atomic E-state index is -1.26. The first kappa shape index (κ1) is 19.6. The molecular formula is C18H21IO6. The van der Waals surface area contributed by atoms with Crippen molar-refractivity contribution in [2.24, 2.45) is 0 Å². The third-order valence-corrected chi connectivity index (χ3v) is 3.91. The fraction of sp³-hybridized carbons (Fsp3) is 0.444. The van der Waals surface area contributed by atoms with Crippen LogP contribution >= 0.6 is 22.6 Å². The Labute approximate surface area is 160 Å². The molecule has 1 aliphatic rings. The van der Waals surface area contributed by atoms with E-state index < -0.39 is 17.7 Å². The van der Waals surface area contributed by atoms with Crippen molar-refractivity contribution in [1.82, 2.24) is 0 Å². The van der Waals surface area contributed by atoms with Gasteiger partial charge < -0.3 is 18.9 Å². The zero-order valence-electron chi connectivity index (χ0n) is 14.8. The third kappa shape index (κ3) is 4.87. The second-order valence-electron chi connectivity index (χ2n) is 6.17. The van der Waals surface area contributed by atoms with Crippen LogP contribution in [0.3, 0.4) is 0 Å². The molecule has 1 aliphatic heterocycles. The molecule has 0 atom stereocenters. The molecule has 0 unspecified atom stereocenters. The number of ether oxygens (including phenoxy) is 4. The fourth-order valence-electron chi connectivity index (χ4n) is 2.23. The van der Waals surface area contributed by atoms with Crippen molar-refractivity contribution < 1.29 is 28.5 Å². The zero-order chi connectivity index (χ0) is 18.8. The van der Waals surface area contributed by atoms with Crippen molar-refractivity contribution in [3.05, 3.63) is 26.8 Å². The highest BCUT2D eigenvalue weighted by atomic mass is 127. The SMILES string of the molecule is CCOc1cc(C=C2C(=O)OC(C)(C)OC2=O)cc(I)c1OC(C)C. The van der Waals surface area contributed by atoms with Gasteiger partial charge in [0.25, 0.3) is 5.79 Å². The van der Waals surface area contributed by atoms with Crippen molar-refractivity contribution in [3.8, 4) is 11.5 Å². The van der Waals surface area contributed by atoms with Gasteiger partial charge in [0.15, 0.2) is 11.5 Å². The van der Waals surface area contributed by atoms with E-state index in [0.29, 0.717) is 23.7 Å². The molecule has 0 aliphatic carbocycles. The average Bonchev–Trinajstić information content (AvgIpc) is 2.45. The highest BCUT2D eigenvalue weighted by Crippen LogP contribution is 2.36. The molecule has 1 aromatic carbocycles. The summed E-state index contributed by atoms with van der Waals surface area (Å²) >= 11 is 2.13. The molecule has 25 heavy (non-hydrogen) atoms. The number of hydrogen-bond acceptors (Lipinski definition) is 6. The summed E-state index contributed by atoms with van der Waals surface area (Å²) in [4.78, 5) is 24.2. The predicted molar refractivity (Wildman–Crippen MR) is 100 cm³/mol. The zero-order valence-corrected chi connectivity index (χ0v) is 17.0.